The third kappa shape index (κ3) is 4.55. The van der Waals surface area contributed by atoms with Gasteiger partial charge in [0.1, 0.15) is 0 Å². The van der Waals surface area contributed by atoms with E-state index in [2.05, 4.69) is 6.92 Å². The number of nitrogens with zero attached hydrogens (tertiary/aromatic N) is 1. The highest BCUT2D eigenvalue weighted by Crippen LogP contribution is 2.27. The Kier molecular flexibility index (Phi) is 4.93. The third-order valence-corrected chi connectivity index (χ3v) is 4.09. The van der Waals surface area contributed by atoms with Crippen LogP contribution >= 0.6 is 0 Å². The Morgan fingerprint density at radius 3 is 2.36 bits per heavy atom. The van der Waals surface area contributed by atoms with Crippen molar-refractivity contribution in [2.75, 3.05) is 26.8 Å². The summed E-state index contributed by atoms with van der Waals surface area (Å²) in [6, 6.07) is 7.69. The maximum Gasteiger partial charge on any atom is 0.253 e. The normalized spacial score (nSPS) is 17.0. The Bertz CT molecular complexity index is 512. The van der Waals surface area contributed by atoms with E-state index in [0.29, 0.717) is 18.5 Å². The van der Waals surface area contributed by atoms with E-state index >= 15 is 0 Å². The number of carbonyl (C=O) groups is 1. The molecule has 0 saturated carbocycles. The molecule has 0 radical (unpaired) electrons. The first-order chi connectivity index (χ1) is 10.2. The first kappa shape index (κ1) is 17.0. The van der Waals surface area contributed by atoms with Gasteiger partial charge in [0.25, 0.3) is 5.91 Å². The molecule has 0 spiro atoms. The molecular weight excluding hydrogens is 278 g/mol. The molecule has 1 aromatic rings. The molecule has 1 heterocycles. The molecule has 22 heavy (non-hydrogen) atoms. The van der Waals surface area contributed by atoms with E-state index < -0.39 is 5.60 Å². The van der Waals surface area contributed by atoms with E-state index in [-0.39, 0.29) is 11.3 Å². The SMILES string of the molecule is CN(CC1(C)COC1)C(=O)c1ccc(CCC(C)(C)O)cc1. The molecule has 1 fully saturated rings. The third-order valence-electron chi connectivity index (χ3n) is 4.09. The predicted octanol–water partition coefficient (Wildman–Crippen LogP) is 2.50. The molecule has 4 heteroatoms. The lowest BCUT2D eigenvalue weighted by molar-refractivity contribution is -0.109. The van der Waals surface area contributed by atoms with Crippen molar-refractivity contribution in [2.45, 2.75) is 39.2 Å². The molecule has 0 bridgehead atoms. The number of hydrogen-bond donors (Lipinski definition) is 1. The molecule has 1 aromatic carbocycles. The van der Waals surface area contributed by atoms with Crippen LogP contribution in [-0.2, 0) is 11.2 Å². The van der Waals surface area contributed by atoms with Crippen molar-refractivity contribution in [2.24, 2.45) is 5.41 Å². The van der Waals surface area contributed by atoms with Crippen molar-refractivity contribution in [3.05, 3.63) is 35.4 Å². The Labute approximate surface area is 133 Å². The Morgan fingerprint density at radius 1 is 1.32 bits per heavy atom. The van der Waals surface area contributed by atoms with Crippen LogP contribution in [0.2, 0.25) is 0 Å². The van der Waals surface area contributed by atoms with Gasteiger partial charge in [0.15, 0.2) is 0 Å². The monoisotopic (exact) mass is 305 g/mol. The number of benzene rings is 1. The second-order valence-corrected chi connectivity index (χ2v) is 7.47. The fourth-order valence-corrected chi connectivity index (χ4v) is 2.67. The minimum Gasteiger partial charge on any atom is -0.390 e. The lowest BCUT2D eigenvalue weighted by Crippen LogP contribution is -2.49. The fourth-order valence-electron chi connectivity index (χ4n) is 2.67. The summed E-state index contributed by atoms with van der Waals surface area (Å²) < 4.78 is 5.24. The molecule has 1 amide bonds. The highest BCUT2D eigenvalue weighted by atomic mass is 16.5. The molecule has 0 aliphatic carbocycles. The standard InChI is InChI=1S/C18H27NO3/c1-17(2,21)10-9-14-5-7-15(8-6-14)16(20)19(4)11-18(3)12-22-13-18/h5-8,21H,9-13H2,1-4H3. The number of hydrogen-bond acceptors (Lipinski definition) is 3. The van der Waals surface area contributed by atoms with Gasteiger partial charge in [-0.15, -0.1) is 0 Å². The largest absolute Gasteiger partial charge is 0.390 e. The Hall–Kier alpha value is -1.39. The van der Waals surface area contributed by atoms with Crippen LogP contribution in [0.3, 0.4) is 0 Å². The summed E-state index contributed by atoms with van der Waals surface area (Å²) in [5.74, 6) is 0.0437. The summed E-state index contributed by atoms with van der Waals surface area (Å²) in [5.41, 5.74) is 1.28. The Balaban J connectivity index is 1.93. The Morgan fingerprint density at radius 2 is 1.91 bits per heavy atom. The predicted molar refractivity (Wildman–Crippen MR) is 86.9 cm³/mol. The molecule has 1 aliphatic rings. The average Bonchev–Trinajstić information content (AvgIpc) is 2.42. The number of aliphatic hydroxyl groups is 1. The molecule has 4 nitrogen and oxygen atoms in total. The average molecular weight is 305 g/mol. The van der Waals surface area contributed by atoms with Crippen LogP contribution < -0.4 is 0 Å². The summed E-state index contributed by atoms with van der Waals surface area (Å²) in [5, 5.41) is 9.76. The van der Waals surface area contributed by atoms with Crippen LogP contribution in [0.1, 0.15) is 43.1 Å². The van der Waals surface area contributed by atoms with E-state index in [9.17, 15) is 9.90 Å². The van der Waals surface area contributed by atoms with Crippen LogP contribution in [0.25, 0.3) is 0 Å². The van der Waals surface area contributed by atoms with E-state index in [1.807, 2.05) is 45.2 Å². The quantitative estimate of drug-likeness (QED) is 0.878. The number of carbonyl (C=O) groups excluding carboxylic acids is 1. The lowest BCUT2D eigenvalue weighted by Gasteiger charge is -2.40. The zero-order valence-electron chi connectivity index (χ0n) is 14.1. The van der Waals surface area contributed by atoms with Crippen molar-refractivity contribution >= 4 is 5.91 Å². The summed E-state index contributed by atoms with van der Waals surface area (Å²) in [4.78, 5) is 14.2. The molecule has 1 N–H and O–H groups in total. The van der Waals surface area contributed by atoms with Crippen molar-refractivity contribution < 1.29 is 14.6 Å². The summed E-state index contributed by atoms with van der Waals surface area (Å²) in [7, 11) is 1.84. The molecule has 0 aromatic heterocycles. The number of ether oxygens (including phenoxy) is 1. The van der Waals surface area contributed by atoms with Gasteiger partial charge in [0, 0.05) is 24.6 Å². The zero-order valence-corrected chi connectivity index (χ0v) is 14.1. The van der Waals surface area contributed by atoms with Gasteiger partial charge in [0.2, 0.25) is 0 Å². The van der Waals surface area contributed by atoms with Gasteiger partial charge in [-0.05, 0) is 44.4 Å². The summed E-state index contributed by atoms with van der Waals surface area (Å²) in [6.07, 6.45) is 1.52. The lowest BCUT2D eigenvalue weighted by atomic mass is 9.88. The molecular formula is C18H27NO3. The minimum absolute atomic E-state index is 0.0437. The molecule has 0 atom stereocenters. The second-order valence-electron chi connectivity index (χ2n) is 7.47. The minimum atomic E-state index is -0.658. The molecule has 1 saturated heterocycles. The van der Waals surface area contributed by atoms with Gasteiger partial charge in [0.05, 0.1) is 18.8 Å². The van der Waals surface area contributed by atoms with Crippen LogP contribution in [0.5, 0.6) is 0 Å². The van der Waals surface area contributed by atoms with Crippen molar-refractivity contribution in [3.63, 3.8) is 0 Å². The van der Waals surface area contributed by atoms with E-state index in [1.165, 1.54) is 0 Å². The van der Waals surface area contributed by atoms with E-state index in [1.54, 1.807) is 4.90 Å². The van der Waals surface area contributed by atoms with Crippen LogP contribution in [-0.4, -0.2) is 48.3 Å². The van der Waals surface area contributed by atoms with Gasteiger partial charge in [-0.1, -0.05) is 19.1 Å². The first-order valence-corrected chi connectivity index (χ1v) is 7.83. The molecule has 122 valence electrons. The fraction of sp³-hybridized carbons (Fsp3) is 0.611. The van der Waals surface area contributed by atoms with Crippen LogP contribution in [0.15, 0.2) is 24.3 Å². The first-order valence-electron chi connectivity index (χ1n) is 7.83. The topological polar surface area (TPSA) is 49.8 Å². The number of aryl methyl sites for hydroxylation is 1. The van der Waals surface area contributed by atoms with Gasteiger partial charge >= 0.3 is 0 Å². The molecule has 1 aliphatic heterocycles. The number of rotatable bonds is 6. The van der Waals surface area contributed by atoms with Crippen molar-refractivity contribution in [1.82, 2.24) is 4.90 Å². The maximum absolute atomic E-state index is 12.4. The summed E-state index contributed by atoms with van der Waals surface area (Å²) >= 11 is 0. The highest BCUT2D eigenvalue weighted by Gasteiger charge is 2.35. The molecule has 2 rings (SSSR count). The van der Waals surface area contributed by atoms with Gasteiger partial charge in [-0.3, -0.25) is 4.79 Å². The highest BCUT2D eigenvalue weighted by molar-refractivity contribution is 5.94. The molecule has 0 unspecified atom stereocenters. The summed E-state index contributed by atoms with van der Waals surface area (Å²) in [6.45, 7) is 7.92. The van der Waals surface area contributed by atoms with Crippen molar-refractivity contribution in [3.8, 4) is 0 Å². The van der Waals surface area contributed by atoms with Crippen LogP contribution in [0, 0.1) is 5.41 Å². The second kappa shape index (κ2) is 6.39. The van der Waals surface area contributed by atoms with Gasteiger partial charge < -0.3 is 14.7 Å². The van der Waals surface area contributed by atoms with Crippen molar-refractivity contribution in [1.29, 1.82) is 0 Å². The van der Waals surface area contributed by atoms with E-state index in [4.69, 9.17) is 4.74 Å². The smallest absolute Gasteiger partial charge is 0.253 e. The zero-order chi connectivity index (χ0) is 16.4. The van der Waals surface area contributed by atoms with E-state index in [0.717, 1.165) is 25.2 Å². The van der Waals surface area contributed by atoms with Crippen LogP contribution in [0.4, 0.5) is 0 Å². The number of amides is 1. The maximum atomic E-state index is 12.4. The van der Waals surface area contributed by atoms with Gasteiger partial charge in [-0.25, -0.2) is 0 Å². The van der Waals surface area contributed by atoms with Gasteiger partial charge in [-0.2, -0.15) is 0 Å².